The smallest absolute Gasteiger partial charge is 0.335 e. The summed E-state index contributed by atoms with van der Waals surface area (Å²) in [6, 6.07) is 38.4. The largest absolute Gasteiger partial charge is 0.493 e. The summed E-state index contributed by atoms with van der Waals surface area (Å²) in [6.45, 7) is 25.7. The van der Waals surface area contributed by atoms with Gasteiger partial charge >= 0.3 is 23.9 Å². The Kier molecular flexibility index (Phi) is 37.1. The Bertz CT molecular complexity index is 3650. The monoisotopic (exact) mass is 1440 g/mol. The van der Waals surface area contributed by atoms with Crippen LogP contribution in [0.2, 0.25) is 0 Å². The van der Waals surface area contributed by atoms with Crippen molar-refractivity contribution in [2.45, 2.75) is 182 Å². The van der Waals surface area contributed by atoms with Crippen molar-refractivity contribution in [2.24, 2.45) is 11.3 Å². The van der Waals surface area contributed by atoms with Crippen molar-refractivity contribution in [1.29, 1.82) is 0 Å². The molecular formula is C89H115FO15. The van der Waals surface area contributed by atoms with Crippen LogP contribution >= 0.6 is 0 Å². The minimum absolute atomic E-state index is 0.0154. The van der Waals surface area contributed by atoms with Gasteiger partial charge in [0.2, 0.25) is 0 Å². The molecule has 1 aliphatic carbocycles. The number of aryl methyl sites for hydroxylation is 4. The number of ether oxygens (including phenoxy) is 7. The summed E-state index contributed by atoms with van der Waals surface area (Å²) in [7, 11) is 0. The summed E-state index contributed by atoms with van der Waals surface area (Å²) < 4.78 is 55.4. The lowest BCUT2D eigenvalue weighted by atomic mass is 9.77. The van der Waals surface area contributed by atoms with E-state index in [9.17, 15) is 29.4 Å². The number of benzene rings is 6. The highest BCUT2D eigenvalue weighted by Crippen LogP contribution is 2.41. The minimum atomic E-state index is -0.674. The van der Waals surface area contributed by atoms with Crippen LogP contribution in [0.25, 0.3) is 44.5 Å². The second-order valence-corrected chi connectivity index (χ2v) is 27.8. The van der Waals surface area contributed by atoms with E-state index in [4.69, 9.17) is 43.4 Å². The second-order valence-electron chi connectivity index (χ2n) is 27.8. The van der Waals surface area contributed by atoms with Gasteiger partial charge in [-0.15, -0.1) is 0 Å². The van der Waals surface area contributed by atoms with Crippen molar-refractivity contribution in [3.63, 3.8) is 0 Å². The third-order valence-electron chi connectivity index (χ3n) is 19.4. The molecule has 105 heavy (non-hydrogen) atoms. The molecule has 4 N–H and O–H groups in total. The van der Waals surface area contributed by atoms with Crippen molar-refractivity contribution in [2.75, 3.05) is 72.7 Å². The molecule has 0 aliphatic heterocycles. The van der Waals surface area contributed by atoms with Gasteiger partial charge in [-0.25, -0.2) is 23.6 Å². The highest BCUT2D eigenvalue weighted by atomic mass is 19.1. The summed E-state index contributed by atoms with van der Waals surface area (Å²) in [5.74, 6) is 0.674. The molecule has 0 heterocycles. The van der Waals surface area contributed by atoms with Crippen molar-refractivity contribution < 1.29 is 77.2 Å². The van der Waals surface area contributed by atoms with Gasteiger partial charge in [0, 0.05) is 28.2 Å². The Morgan fingerprint density at radius 1 is 0.448 bits per heavy atom. The van der Waals surface area contributed by atoms with Crippen LogP contribution in [0.15, 0.2) is 164 Å². The average molecular weight is 1440 g/mol. The third kappa shape index (κ3) is 27.6. The summed E-state index contributed by atoms with van der Waals surface area (Å²) in [6.07, 6.45) is 20.8. The van der Waals surface area contributed by atoms with Crippen LogP contribution in [-0.4, -0.2) is 117 Å². The van der Waals surface area contributed by atoms with Crippen LogP contribution in [0.5, 0.6) is 17.2 Å². The molecule has 6 aromatic carbocycles. The van der Waals surface area contributed by atoms with Gasteiger partial charge in [0.05, 0.1) is 57.4 Å². The van der Waals surface area contributed by atoms with Gasteiger partial charge in [0.1, 0.15) is 49.5 Å². The topological polar surface area (TPSA) is 214 Å². The first kappa shape index (κ1) is 85.3. The molecular weight excluding hydrogens is 1330 g/mol. The summed E-state index contributed by atoms with van der Waals surface area (Å²) in [5.41, 5.74) is 12.5. The Morgan fingerprint density at radius 2 is 0.943 bits per heavy atom. The van der Waals surface area contributed by atoms with E-state index >= 15 is 4.39 Å². The van der Waals surface area contributed by atoms with Crippen LogP contribution in [0.3, 0.4) is 0 Å². The van der Waals surface area contributed by atoms with Crippen LogP contribution in [0.4, 0.5) is 4.39 Å². The third-order valence-corrected chi connectivity index (χ3v) is 19.4. The number of rotatable bonds is 45. The standard InChI is InChI=1S/C54H69FO7.C35H46O8/c1-8-11-13-16-40-19-21-42(22-20-40)43-23-26-49(50(55)35-43)44-24-25-48(41(10-3)32-44)47-33-45(17-14-29-61-52(58)38(4)5)51(46(34-47)18-15-30-62-53(59)39(6)7)60-31-28-54(36-56,37-57)27-12-9-2;1-4-5-6-7-27-8-10-28(11-9-27)29-12-14-30(15-13-29)31-20-32(40-16-18-42-34(38)25(2)23-36)22-33(21-31)41-17-19-43-35(39)26(3)24-37/h19-26,32-35,56-57H,4,6,8-18,27-31,36-37H2,1-3,5,7H3;12-15,20-22,27-28,36-37H,2-11,16-19,23-24H2,1H3. The number of carbonyl (C=O) groups is 4. The van der Waals surface area contributed by atoms with Gasteiger partial charge in [0.25, 0.3) is 0 Å². The molecule has 568 valence electrons. The maximum absolute atomic E-state index is 16.0. The van der Waals surface area contributed by atoms with Crippen LogP contribution in [0.1, 0.15) is 184 Å². The molecule has 0 bridgehead atoms. The Balaban J connectivity index is 0.000000352. The van der Waals surface area contributed by atoms with Crippen LogP contribution in [0, 0.1) is 17.2 Å². The predicted octanol–water partition coefficient (Wildman–Crippen LogP) is 18.3. The summed E-state index contributed by atoms with van der Waals surface area (Å²) in [5, 5.41) is 38.7. The van der Waals surface area contributed by atoms with E-state index in [0.29, 0.717) is 84.8 Å². The zero-order valence-electron chi connectivity index (χ0n) is 63.2. The van der Waals surface area contributed by atoms with E-state index < -0.39 is 42.5 Å². The first-order valence-corrected chi connectivity index (χ1v) is 37.8. The highest BCUT2D eigenvalue weighted by molar-refractivity contribution is 5.89. The van der Waals surface area contributed by atoms with Gasteiger partial charge in [-0.3, -0.25) is 0 Å². The van der Waals surface area contributed by atoms with E-state index in [2.05, 4.69) is 127 Å². The van der Waals surface area contributed by atoms with Crippen molar-refractivity contribution in [3.05, 3.63) is 198 Å². The Labute approximate surface area is 623 Å². The molecule has 0 aromatic heterocycles. The molecule has 0 unspecified atom stereocenters. The number of esters is 4. The lowest BCUT2D eigenvalue weighted by molar-refractivity contribution is -0.141. The van der Waals surface area contributed by atoms with E-state index in [0.717, 1.165) is 80.8 Å². The molecule has 0 saturated heterocycles. The van der Waals surface area contributed by atoms with Crippen molar-refractivity contribution in [1.82, 2.24) is 0 Å². The van der Waals surface area contributed by atoms with Gasteiger partial charge in [-0.2, -0.15) is 0 Å². The number of aliphatic hydroxyl groups excluding tert-OH is 4. The van der Waals surface area contributed by atoms with E-state index in [1.165, 1.54) is 81.8 Å². The second kappa shape index (κ2) is 45.6. The maximum atomic E-state index is 16.0. The normalized spacial score (nSPS) is 13.4. The molecule has 1 fully saturated rings. The fourth-order valence-corrected chi connectivity index (χ4v) is 12.9. The van der Waals surface area contributed by atoms with Crippen molar-refractivity contribution >= 4 is 23.9 Å². The Hall–Kier alpha value is -8.67. The number of hydrogen-bond acceptors (Lipinski definition) is 15. The first-order chi connectivity index (χ1) is 50.7. The molecule has 6 aromatic rings. The van der Waals surface area contributed by atoms with Gasteiger partial charge in [-0.1, -0.05) is 184 Å². The molecule has 15 nitrogen and oxygen atoms in total. The molecule has 0 radical (unpaired) electrons. The lowest BCUT2D eigenvalue weighted by Crippen LogP contribution is -2.32. The Morgan fingerprint density at radius 3 is 1.46 bits per heavy atom. The minimum Gasteiger partial charge on any atom is -0.493 e. The molecule has 16 heteroatoms. The van der Waals surface area contributed by atoms with E-state index in [1.807, 2.05) is 30.3 Å². The molecule has 7 rings (SSSR count). The number of aliphatic hydroxyl groups is 4. The zero-order valence-corrected chi connectivity index (χ0v) is 63.2. The number of unbranched alkanes of at least 4 members (excludes halogenated alkanes) is 5. The van der Waals surface area contributed by atoms with Crippen LogP contribution in [-0.2, 0) is 63.8 Å². The maximum Gasteiger partial charge on any atom is 0.335 e. The molecule has 0 amide bonds. The number of hydrogen-bond donors (Lipinski definition) is 4. The lowest BCUT2D eigenvalue weighted by Gasteiger charge is -2.30. The van der Waals surface area contributed by atoms with E-state index in [-0.39, 0.29) is 76.4 Å². The molecule has 0 atom stereocenters. The highest BCUT2D eigenvalue weighted by Gasteiger charge is 2.29. The molecule has 1 saturated carbocycles. The SMILES string of the molecule is C=C(C)C(=O)OCCCc1cc(-c2ccc(-c3ccc(-c4ccc(CCCCC)cc4)cc3F)cc2CC)cc(CCCOC(=O)C(=C)C)c1OCCC(CO)(CO)CCCC.C=C(CO)C(=O)OCCOc1cc(OCCOC(=O)C(=C)CO)cc(-c2ccc(C3CCC(CCCCC)CC3)cc2)c1. The molecule has 0 spiro atoms. The van der Waals surface area contributed by atoms with Gasteiger partial charge < -0.3 is 53.6 Å². The van der Waals surface area contributed by atoms with E-state index in [1.54, 1.807) is 26.0 Å². The van der Waals surface area contributed by atoms with Crippen LogP contribution < -0.4 is 14.2 Å². The zero-order chi connectivity index (χ0) is 76.1. The fourth-order valence-electron chi connectivity index (χ4n) is 12.9. The van der Waals surface area contributed by atoms with Gasteiger partial charge in [0.15, 0.2) is 0 Å². The number of halogens is 1. The summed E-state index contributed by atoms with van der Waals surface area (Å²) >= 11 is 0. The van der Waals surface area contributed by atoms with Crippen molar-refractivity contribution in [3.8, 4) is 61.8 Å². The van der Waals surface area contributed by atoms with Gasteiger partial charge in [-0.05, 0) is 206 Å². The fraction of sp³-hybridized carbons (Fsp3) is 0.461. The average Bonchev–Trinajstić information content (AvgIpc) is 0.786. The number of carbonyl (C=O) groups excluding carboxylic acids is 4. The first-order valence-electron chi connectivity index (χ1n) is 37.8. The summed E-state index contributed by atoms with van der Waals surface area (Å²) in [4.78, 5) is 47.9. The molecule has 1 aliphatic rings. The predicted molar refractivity (Wildman–Crippen MR) is 416 cm³/mol. The quantitative estimate of drug-likeness (QED) is 0.0121.